The van der Waals surface area contributed by atoms with Crippen LogP contribution in [0.1, 0.15) is 34.9 Å². The zero-order valence-corrected chi connectivity index (χ0v) is 19.7. The topological polar surface area (TPSA) is 52.7 Å². The van der Waals surface area contributed by atoms with Crippen LogP contribution < -0.4 is 5.56 Å². The molecule has 4 aromatic rings. The lowest BCUT2D eigenvalue weighted by atomic mass is 10.1. The maximum absolute atomic E-state index is 13.6. The molecule has 0 spiro atoms. The Morgan fingerprint density at radius 2 is 1.81 bits per heavy atom. The van der Waals surface area contributed by atoms with Crippen LogP contribution in [0.3, 0.4) is 0 Å². The van der Waals surface area contributed by atoms with Gasteiger partial charge in [0.2, 0.25) is 0 Å². The number of thioether (sulfide) groups is 1. The third kappa shape index (κ3) is 4.41. The van der Waals surface area contributed by atoms with Gasteiger partial charge in [0.1, 0.15) is 5.52 Å². The van der Waals surface area contributed by atoms with Gasteiger partial charge in [0, 0.05) is 17.3 Å². The second-order valence-electron chi connectivity index (χ2n) is 7.73. The summed E-state index contributed by atoms with van der Waals surface area (Å²) < 4.78 is 3.51. The van der Waals surface area contributed by atoms with Crippen LogP contribution in [0.4, 0.5) is 0 Å². The molecular weight excluding hydrogens is 428 g/mol. The van der Waals surface area contributed by atoms with Crippen molar-refractivity contribution in [3.63, 3.8) is 0 Å². The highest BCUT2D eigenvalue weighted by Gasteiger charge is 2.18. The second-order valence-corrected chi connectivity index (χ2v) is 9.11. The zero-order chi connectivity index (χ0) is 22.1. The Balaban J connectivity index is 1.81. The molecule has 0 saturated carbocycles. The van der Waals surface area contributed by atoms with Crippen LogP contribution in [0.2, 0.25) is 5.02 Å². The van der Waals surface area contributed by atoms with Gasteiger partial charge >= 0.3 is 0 Å². The number of benzene rings is 2. The minimum Gasteiger partial charge on any atom is -0.281 e. The van der Waals surface area contributed by atoms with E-state index in [2.05, 4.69) is 37.1 Å². The van der Waals surface area contributed by atoms with E-state index in [-0.39, 0.29) is 5.56 Å². The standard InChI is InChI=1S/C24H25ClN4OS/c1-5-29-22-21(17(4)27-29)26-24(31-14-19-12-15(2)6-7-16(19)3)28(23(22)30)13-18-8-10-20(25)11-9-18/h6-12H,5,13-14H2,1-4H3. The van der Waals surface area contributed by atoms with Gasteiger partial charge in [-0.2, -0.15) is 5.10 Å². The summed E-state index contributed by atoms with van der Waals surface area (Å²) in [5.74, 6) is 0.743. The first kappa shape index (κ1) is 21.7. The molecule has 4 rings (SSSR count). The fourth-order valence-electron chi connectivity index (χ4n) is 3.64. The normalized spacial score (nSPS) is 11.4. The third-order valence-corrected chi connectivity index (χ3v) is 6.67. The van der Waals surface area contributed by atoms with Crippen molar-refractivity contribution in [3.8, 4) is 0 Å². The molecule has 0 saturated heterocycles. The summed E-state index contributed by atoms with van der Waals surface area (Å²) in [6, 6.07) is 14.0. The third-order valence-electron chi connectivity index (χ3n) is 5.40. The molecule has 5 nitrogen and oxygen atoms in total. The van der Waals surface area contributed by atoms with Gasteiger partial charge in [-0.1, -0.05) is 59.3 Å². The molecule has 31 heavy (non-hydrogen) atoms. The summed E-state index contributed by atoms with van der Waals surface area (Å²) in [5.41, 5.74) is 6.67. The molecule has 0 radical (unpaired) electrons. The molecule has 0 aliphatic carbocycles. The van der Waals surface area contributed by atoms with Gasteiger partial charge in [-0.3, -0.25) is 14.0 Å². The number of hydrogen-bond acceptors (Lipinski definition) is 4. The van der Waals surface area contributed by atoms with Crippen molar-refractivity contribution in [2.45, 2.75) is 51.7 Å². The molecule has 160 valence electrons. The van der Waals surface area contributed by atoms with Gasteiger partial charge in [0.15, 0.2) is 10.7 Å². The molecule has 0 unspecified atom stereocenters. The molecular formula is C24H25ClN4OS. The molecule has 0 aliphatic rings. The van der Waals surface area contributed by atoms with Crippen molar-refractivity contribution in [2.24, 2.45) is 0 Å². The molecule has 2 aromatic carbocycles. The lowest BCUT2D eigenvalue weighted by molar-refractivity contribution is 0.636. The summed E-state index contributed by atoms with van der Waals surface area (Å²) in [6.07, 6.45) is 0. The maximum Gasteiger partial charge on any atom is 0.280 e. The summed E-state index contributed by atoms with van der Waals surface area (Å²) in [5, 5.41) is 5.90. The van der Waals surface area contributed by atoms with Gasteiger partial charge in [-0.25, -0.2) is 4.98 Å². The number of fused-ring (bicyclic) bond motifs is 1. The van der Waals surface area contributed by atoms with Gasteiger partial charge in [0.25, 0.3) is 5.56 Å². The number of aryl methyl sites for hydroxylation is 4. The highest BCUT2D eigenvalue weighted by molar-refractivity contribution is 7.98. The SMILES string of the molecule is CCn1nc(C)c2nc(SCc3cc(C)ccc3C)n(Cc3ccc(Cl)cc3)c(=O)c21. The average Bonchev–Trinajstić information content (AvgIpc) is 3.08. The van der Waals surface area contributed by atoms with E-state index >= 15 is 0 Å². The number of hydrogen-bond donors (Lipinski definition) is 0. The highest BCUT2D eigenvalue weighted by atomic mass is 35.5. The summed E-state index contributed by atoms with van der Waals surface area (Å²) >= 11 is 7.63. The zero-order valence-electron chi connectivity index (χ0n) is 18.1. The van der Waals surface area contributed by atoms with Crippen molar-refractivity contribution < 1.29 is 0 Å². The average molecular weight is 453 g/mol. The number of rotatable bonds is 6. The van der Waals surface area contributed by atoms with Crippen LogP contribution >= 0.6 is 23.4 Å². The van der Waals surface area contributed by atoms with E-state index in [9.17, 15) is 4.79 Å². The van der Waals surface area contributed by atoms with Crippen LogP contribution in [-0.4, -0.2) is 19.3 Å². The van der Waals surface area contributed by atoms with Crippen molar-refractivity contribution in [1.82, 2.24) is 19.3 Å². The first-order chi connectivity index (χ1) is 14.9. The second kappa shape index (κ2) is 8.89. The Morgan fingerprint density at radius 1 is 1.06 bits per heavy atom. The number of aromatic nitrogens is 4. The van der Waals surface area contributed by atoms with Crippen molar-refractivity contribution in [3.05, 3.63) is 85.8 Å². The Bertz CT molecular complexity index is 1310. The molecule has 2 aromatic heterocycles. The first-order valence-electron chi connectivity index (χ1n) is 10.3. The lowest BCUT2D eigenvalue weighted by Crippen LogP contribution is -2.25. The van der Waals surface area contributed by atoms with Crippen molar-refractivity contribution in [2.75, 3.05) is 0 Å². The van der Waals surface area contributed by atoms with Crippen LogP contribution in [0.15, 0.2) is 52.4 Å². The van der Waals surface area contributed by atoms with Gasteiger partial charge in [-0.05, 0) is 56.5 Å². The van der Waals surface area contributed by atoms with E-state index in [1.807, 2.05) is 38.1 Å². The van der Waals surface area contributed by atoms with E-state index in [1.54, 1.807) is 21.0 Å². The molecule has 0 amide bonds. The van der Waals surface area contributed by atoms with E-state index in [0.717, 1.165) is 17.0 Å². The smallest absolute Gasteiger partial charge is 0.280 e. The Hall–Kier alpha value is -2.57. The fourth-order valence-corrected chi connectivity index (χ4v) is 4.82. The van der Waals surface area contributed by atoms with E-state index in [1.165, 1.54) is 16.7 Å². The Labute approximate surface area is 191 Å². The predicted octanol–water partition coefficient (Wildman–Crippen LogP) is 5.53. The first-order valence-corrected chi connectivity index (χ1v) is 11.6. The predicted molar refractivity (Wildman–Crippen MR) is 128 cm³/mol. The fraction of sp³-hybridized carbons (Fsp3) is 0.292. The molecule has 0 atom stereocenters. The Morgan fingerprint density at radius 3 is 2.52 bits per heavy atom. The molecule has 0 aliphatic heterocycles. The lowest BCUT2D eigenvalue weighted by Gasteiger charge is -2.14. The molecule has 0 bridgehead atoms. The highest BCUT2D eigenvalue weighted by Crippen LogP contribution is 2.26. The van der Waals surface area contributed by atoms with Gasteiger partial charge in [0.05, 0.1) is 12.2 Å². The summed E-state index contributed by atoms with van der Waals surface area (Å²) in [6.45, 7) is 9.15. The number of nitrogens with zero attached hydrogens (tertiary/aromatic N) is 4. The van der Waals surface area contributed by atoms with E-state index in [0.29, 0.717) is 34.3 Å². The summed E-state index contributed by atoms with van der Waals surface area (Å²) in [4.78, 5) is 18.5. The largest absolute Gasteiger partial charge is 0.281 e. The minimum absolute atomic E-state index is 0.0640. The molecule has 2 heterocycles. The van der Waals surface area contributed by atoms with E-state index < -0.39 is 0 Å². The Kier molecular flexibility index (Phi) is 6.21. The van der Waals surface area contributed by atoms with Crippen molar-refractivity contribution >= 4 is 34.4 Å². The van der Waals surface area contributed by atoms with Crippen LogP contribution in [0, 0.1) is 20.8 Å². The number of halogens is 1. The van der Waals surface area contributed by atoms with Crippen LogP contribution in [-0.2, 0) is 18.8 Å². The monoisotopic (exact) mass is 452 g/mol. The minimum atomic E-state index is -0.0640. The maximum atomic E-state index is 13.6. The quantitative estimate of drug-likeness (QED) is 0.285. The molecule has 0 N–H and O–H groups in total. The molecule has 7 heteroatoms. The van der Waals surface area contributed by atoms with Gasteiger partial charge in [-0.15, -0.1) is 0 Å². The van der Waals surface area contributed by atoms with E-state index in [4.69, 9.17) is 16.6 Å². The van der Waals surface area contributed by atoms with Gasteiger partial charge < -0.3 is 0 Å². The molecule has 0 fully saturated rings. The summed E-state index contributed by atoms with van der Waals surface area (Å²) in [7, 11) is 0. The van der Waals surface area contributed by atoms with Crippen LogP contribution in [0.25, 0.3) is 11.0 Å². The van der Waals surface area contributed by atoms with Crippen molar-refractivity contribution in [1.29, 1.82) is 0 Å². The van der Waals surface area contributed by atoms with Crippen LogP contribution in [0.5, 0.6) is 0 Å².